The first-order chi connectivity index (χ1) is 11.6. The van der Waals surface area contributed by atoms with Gasteiger partial charge in [-0.15, -0.1) is 0 Å². The smallest absolute Gasteiger partial charge is 0.254 e. The maximum Gasteiger partial charge on any atom is 0.254 e. The fourth-order valence-electron chi connectivity index (χ4n) is 3.50. The van der Waals surface area contributed by atoms with Gasteiger partial charge in [0, 0.05) is 35.1 Å². The molecule has 126 valence electrons. The molecule has 0 spiro atoms. The van der Waals surface area contributed by atoms with E-state index >= 15 is 0 Å². The summed E-state index contributed by atoms with van der Waals surface area (Å²) in [5, 5.41) is 9.74. The Kier molecular flexibility index (Phi) is 3.97. The molecule has 1 aliphatic heterocycles. The van der Waals surface area contributed by atoms with Gasteiger partial charge >= 0.3 is 0 Å². The normalized spacial score (nSPS) is 23.0. The van der Waals surface area contributed by atoms with Crippen LogP contribution in [-0.4, -0.2) is 23.0 Å². The van der Waals surface area contributed by atoms with Crippen LogP contribution in [0.5, 0.6) is 0 Å². The van der Waals surface area contributed by atoms with Gasteiger partial charge in [0.15, 0.2) is 11.6 Å². The van der Waals surface area contributed by atoms with Crippen molar-refractivity contribution in [1.29, 1.82) is 0 Å². The molecule has 2 aromatic rings. The van der Waals surface area contributed by atoms with Crippen molar-refractivity contribution in [3.63, 3.8) is 0 Å². The molecule has 1 amide bonds. The number of amides is 1. The first kappa shape index (κ1) is 15.5. The summed E-state index contributed by atoms with van der Waals surface area (Å²) in [6, 6.07) is 1.91. The van der Waals surface area contributed by atoms with E-state index in [-0.39, 0.29) is 30.4 Å². The van der Waals surface area contributed by atoms with Gasteiger partial charge in [-0.1, -0.05) is 12.8 Å². The van der Waals surface area contributed by atoms with Crippen molar-refractivity contribution in [2.45, 2.75) is 44.3 Å². The summed E-state index contributed by atoms with van der Waals surface area (Å²) in [5.74, 6) is -0.507. The highest BCUT2D eigenvalue weighted by atomic mass is 32.1. The Morgan fingerprint density at radius 1 is 1.38 bits per heavy atom. The minimum absolute atomic E-state index is 0.00226. The number of carbonyl (C=O) groups excluding carboxylic acids is 1. The van der Waals surface area contributed by atoms with E-state index in [1.807, 2.05) is 16.8 Å². The zero-order valence-corrected chi connectivity index (χ0v) is 14.0. The van der Waals surface area contributed by atoms with Crippen LogP contribution >= 0.6 is 11.3 Å². The van der Waals surface area contributed by atoms with E-state index < -0.39 is 5.82 Å². The molecule has 2 atom stereocenters. The molecule has 3 heterocycles. The summed E-state index contributed by atoms with van der Waals surface area (Å²) in [6.45, 7) is 0.199. The molecule has 2 aromatic heterocycles. The number of rotatable bonds is 3. The lowest BCUT2D eigenvalue weighted by molar-refractivity contribution is 0.0966. The fraction of sp³-hybridized carbons (Fsp3) is 0.412. The van der Waals surface area contributed by atoms with Crippen LogP contribution in [0.2, 0.25) is 0 Å². The number of hydrogen-bond donors (Lipinski definition) is 3. The van der Waals surface area contributed by atoms with Crippen molar-refractivity contribution in [2.75, 3.05) is 5.32 Å². The topological polar surface area (TPSA) is 80.0 Å². The molecule has 0 unspecified atom stereocenters. The Morgan fingerprint density at radius 3 is 2.96 bits per heavy atom. The van der Waals surface area contributed by atoms with Gasteiger partial charge in [-0.25, -0.2) is 9.37 Å². The highest BCUT2D eigenvalue weighted by Crippen LogP contribution is 2.34. The largest absolute Gasteiger partial charge is 0.363 e. The van der Waals surface area contributed by atoms with Crippen molar-refractivity contribution in [3.8, 4) is 11.3 Å². The van der Waals surface area contributed by atoms with Gasteiger partial charge in [0.25, 0.3) is 5.91 Å². The van der Waals surface area contributed by atoms with Crippen molar-refractivity contribution < 1.29 is 9.18 Å². The lowest BCUT2D eigenvalue weighted by atomic mass is 9.91. The second-order valence-corrected chi connectivity index (χ2v) is 7.15. The molecule has 5 nitrogen and oxygen atoms in total. The van der Waals surface area contributed by atoms with Crippen molar-refractivity contribution in [1.82, 2.24) is 10.3 Å². The summed E-state index contributed by atoms with van der Waals surface area (Å²) in [5.41, 5.74) is 8.28. The monoisotopic (exact) mass is 346 g/mol. The molecule has 0 saturated heterocycles. The predicted octanol–water partition coefficient (Wildman–Crippen LogP) is 2.87. The maximum atomic E-state index is 14.9. The summed E-state index contributed by atoms with van der Waals surface area (Å²) < 4.78 is 14.9. The number of carbonyl (C=O) groups is 1. The standard InChI is InChI=1S/C17H19FN4OS/c18-14-10-7-20-17(23)13(10)15(9-5-6-24-8-9)22-16(14)21-12-4-2-1-3-11(12)19/h5-6,8,11-12H,1-4,7,19H2,(H,20,23)(H,21,22)/t11-,12+/m0/s1. The number of pyridine rings is 1. The van der Waals surface area contributed by atoms with Crippen molar-refractivity contribution in [3.05, 3.63) is 33.8 Å². The molecule has 4 N–H and O–H groups in total. The predicted molar refractivity (Wildman–Crippen MR) is 92.5 cm³/mol. The maximum absolute atomic E-state index is 14.9. The molecule has 1 aliphatic carbocycles. The third-order valence-corrected chi connectivity index (χ3v) is 5.51. The Balaban J connectivity index is 1.78. The number of anilines is 1. The average Bonchev–Trinajstić information content (AvgIpc) is 3.23. The summed E-state index contributed by atoms with van der Waals surface area (Å²) >= 11 is 1.52. The zero-order chi connectivity index (χ0) is 16.7. The quantitative estimate of drug-likeness (QED) is 0.798. The number of fused-ring (bicyclic) bond motifs is 1. The van der Waals surface area contributed by atoms with Gasteiger partial charge in [0.1, 0.15) is 0 Å². The van der Waals surface area contributed by atoms with Crippen LogP contribution in [0, 0.1) is 5.82 Å². The molecule has 4 rings (SSSR count). The van der Waals surface area contributed by atoms with Crippen LogP contribution in [0.3, 0.4) is 0 Å². The van der Waals surface area contributed by atoms with E-state index in [0.29, 0.717) is 16.8 Å². The van der Waals surface area contributed by atoms with Crippen LogP contribution in [-0.2, 0) is 6.54 Å². The van der Waals surface area contributed by atoms with Gasteiger partial charge in [-0.2, -0.15) is 11.3 Å². The first-order valence-electron chi connectivity index (χ1n) is 8.20. The van der Waals surface area contributed by atoms with Crippen LogP contribution in [0.1, 0.15) is 41.6 Å². The molecule has 0 bridgehead atoms. The first-order valence-corrected chi connectivity index (χ1v) is 9.14. The number of nitrogens with two attached hydrogens (primary N) is 1. The lowest BCUT2D eigenvalue weighted by Gasteiger charge is -2.30. The minimum atomic E-state index is -0.444. The molecule has 1 saturated carbocycles. The highest BCUT2D eigenvalue weighted by molar-refractivity contribution is 7.08. The Bertz CT molecular complexity index is 777. The van der Waals surface area contributed by atoms with E-state index in [1.54, 1.807) is 0 Å². The minimum Gasteiger partial charge on any atom is -0.363 e. The fourth-order valence-corrected chi connectivity index (χ4v) is 4.14. The summed E-state index contributed by atoms with van der Waals surface area (Å²) in [4.78, 5) is 16.6. The third-order valence-electron chi connectivity index (χ3n) is 4.82. The van der Waals surface area contributed by atoms with Gasteiger partial charge in [0.05, 0.1) is 11.3 Å². The van der Waals surface area contributed by atoms with E-state index in [4.69, 9.17) is 5.73 Å². The second kappa shape index (κ2) is 6.14. The van der Waals surface area contributed by atoms with Crippen LogP contribution in [0.4, 0.5) is 10.2 Å². The molecule has 0 radical (unpaired) electrons. The zero-order valence-electron chi connectivity index (χ0n) is 13.1. The van der Waals surface area contributed by atoms with Gasteiger partial charge in [0.2, 0.25) is 0 Å². The van der Waals surface area contributed by atoms with E-state index in [2.05, 4.69) is 15.6 Å². The van der Waals surface area contributed by atoms with Gasteiger partial charge in [-0.3, -0.25) is 4.79 Å². The Hall–Kier alpha value is -1.99. The Morgan fingerprint density at radius 2 is 2.21 bits per heavy atom. The lowest BCUT2D eigenvalue weighted by Crippen LogP contribution is -2.43. The number of aromatic nitrogens is 1. The number of thiophene rings is 1. The number of nitrogens with zero attached hydrogens (tertiary/aromatic N) is 1. The molecule has 2 aliphatic rings. The van der Waals surface area contributed by atoms with Gasteiger partial charge in [-0.05, 0) is 24.3 Å². The second-order valence-electron chi connectivity index (χ2n) is 6.37. The molecule has 0 aromatic carbocycles. The van der Waals surface area contributed by atoms with E-state index in [0.717, 1.165) is 31.2 Å². The highest BCUT2D eigenvalue weighted by Gasteiger charge is 2.31. The summed E-state index contributed by atoms with van der Waals surface area (Å²) in [7, 11) is 0. The molecule has 1 fully saturated rings. The number of halogens is 1. The summed E-state index contributed by atoms with van der Waals surface area (Å²) in [6.07, 6.45) is 4.03. The SMILES string of the molecule is N[C@H]1CCCC[C@H]1Nc1nc(-c2ccsc2)c2c(c1F)CNC2=O. The molecular weight excluding hydrogens is 327 g/mol. The molecule has 7 heteroatoms. The number of hydrogen-bond acceptors (Lipinski definition) is 5. The molecular formula is C17H19FN4OS. The Labute approximate surface area is 143 Å². The van der Waals surface area contributed by atoms with Crippen LogP contribution < -0.4 is 16.4 Å². The van der Waals surface area contributed by atoms with Crippen LogP contribution in [0.25, 0.3) is 11.3 Å². The van der Waals surface area contributed by atoms with E-state index in [9.17, 15) is 9.18 Å². The molecule has 24 heavy (non-hydrogen) atoms. The third kappa shape index (κ3) is 2.57. The number of nitrogens with one attached hydrogen (secondary N) is 2. The van der Waals surface area contributed by atoms with E-state index in [1.165, 1.54) is 11.3 Å². The van der Waals surface area contributed by atoms with Crippen molar-refractivity contribution in [2.24, 2.45) is 5.73 Å². The van der Waals surface area contributed by atoms with Crippen LogP contribution in [0.15, 0.2) is 16.8 Å². The average molecular weight is 346 g/mol. The van der Waals surface area contributed by atoms with Crippen molar-refractivity contribution >= 4 is 23.1 Å². The van der Waals surface area contributed by atoms with Gasteiger partial charge < -0.3 is 16.4 Å².